The van der Waals surface area contributed by atoms with Gasteiger partial charge >= 0.3 is 5.97 Å². The van der Waals surface area contributed by atoms with Crippen molar-refractivity contribution >= 4 is 40.8 Å². The minimum Gasteiger partial charge on any atom is -0.449 e. The zero-order valence-corrected chi connectivity index (χ0v) is 15.0. The van der Waals surface area contributed by atoms with Crippen LogP contribution in [0.1, 0.15) is 28.4 Å². The van der Waals surface area contributed by atoms with Crippen molar-refractivity contribution in [1.29, 1.82) is 0 Å². The van der Waals surface area contributed by atoms with Gasteiger partial charge in [-0.05, 0) is 56.2 Å². The number of aryl methyl sites for hydroxylation is 1. The van der Waals surface area contributed by atoms with E-state index in [1.807, 2.05) is 19.9 Å². The van der Waals surface area contributed by atoms with Crippen LogP contribution in [0.3, 0.4) is 0 Å². The molecule has 0 bridgehead atoms. The van der Waals surface area contributed by atoms with Crippen LogP contribution in [0.15, 0.2) is 36.4 Å². The molecule has 0 aliphatic carbocycles. The number of amides is 1. The Morgan fingerprint density at radius 1 is 1.12 bits per heavy atom. The number of carbonyl (C=O) groups excluding carboxylic acids is 2. The first-order valence-corrected chi connectivity index (χ1v) is 8.08. The van der Waals surface area contributed by atoms with Crippen molar-refractivity contribution in [2.24, 2.45) is 0 Å². The summed E-state index contributed by atoms with van der Waals surface area (Å²) in [7, 11) is 0. The topological polar surface area (TPSA) is 55.4 Å². The number of nitrogens with one attached hydrogen (secondary N) is 1. The van der Waals surface area contributed by atoms with Crippen molar-refractivity contribution in [1.82, 2.24) is 0 Å². The van der Waals surface area contributed by atoms with Gasteiger partial charge in [0.1, 0.15) is 0 Å². The molecular formula is C18H17Cl2NO3. The summed E-state index contributed by atoms with van der Waals surface area (Å²) in [5.41, 5.74) is 2.66. The quantitative estimate of drug-likeness (QED) is 0.792. The second kappa shape index (κ2) is 7.69. The number of rotatable bonds is 4. The molecule has 0 unspecified atom stereocenters. The molecule has 6 heteroatoms. The van der Waals surface area contributed by atoms with Crippen LogP contribution in [0.25, 0.3) is 0 Å². The van der Waals surface area contributed by atoms with Crippen molar-refractivity contribution < 1.29 is 14.3 Å². The maximum absolute atomic E-state index is 12.3. The summed E-state index contributed by atoms with van der Waals surface area (Å²) in [6.07, 6.45) is -0.968. The lowest BCUT2D eigenvalue weighted by atomic mass is 10.0. The smallest absolute Gasteiger partial charge is 0.339 e. The predicted molar refractivity (Wildman–Crippen MR) is 95.9 cm³/mol. The summed E-state index contributed by atoms with van der Waals surface area (Å²) in [4.78, 5) is 24.4. The molecule has 2 aromatic carbocycles. The van der Waals surface area contributed by atoms with Crippen LogP contribution in [0.5, 0.6) is 0 Å². The monoisotopic (exact) mass is 365 g/mol. The number of hydrogen-bond acceptors (Lipinski definition) is 3. The summed E-state index contributed by atoms with van der Waals surface area (Å²) in [6.45, 7) is 5.25. The lowest BCUT2D eigenvalue weighted by molar-refractivity contribution is -0.123. The summed E-state index contributed by atoms with van der Waals surface area (Å²) in [5, 5.41) is 3.39. The van der Waals surface area contributed by atoms with E-state index in [2.05, 4.69) is 5.32 Å². The van der Waals surface area contributed by atoms with Crippen LogP contribution in [-0.2, 0) is 9.53 Å². The fourth-order valence-corrected chi connectivity index (χ4v) is 2.53. The molecule has 1 amide bonds. The maximum Gasteiger partial charge on any atom is 0.339 e. The zero-order valence-electron chi connectivity index (χ0n) is 13.5. The van der Waals surface area contributed by atoms with Gasteiger partial charge in [0, 0.05) is 5.02 Å². The van der Waals surface area contributed by atoms with Crippen LogP contribution in [0.2, 0.25) is 10.0 Å². The van der Waals surface area contributed by atoms with Crippen LogP contribution < -0.4 is 5.32 Å². The molecule has 0 spiro atoms. The highest BCUT2D eigenvalue weighted by atomic mass is 35.5. The Bertz CT molecular complexity index is 790. The Labute approximate surface area is 150 Å². The van der Waals surface area contributed by atoms with E-state index < -0.39 is 18.0 Å². The first kappa shape index (κ1) is 18.3. The van der Waals surface area contributed by atoms with Gasteiger partial charge < -0.3 is 10.1 Å². The SMILES string of the molecule is Cc1cccc(C(=O)O[C@H](C)C(=O)Nc2ccc(Cl)cc2Cl)c1C. The second-order valence-corrected chi connectivity index (χ2v) is 6.25. The zero-order chi connectivity index (χ0) is 17.9. The largest absolute Gasteiger partial charge is 0.449 e. The Morgan fingerprint density at radius 3 is 2.50 bits per heavy atom. The normalized spacial score (nSPS) is 11.7. The molecule has 0 saturated heterocycles. The molecule has 4 nitrogen and oxygen atoms in total. The molecule has 0 aromatic heterocycles. The Kier molecular flexibility index (Phi) is 5.86. The molecule has 24 heavy (non-hydrogen) atoms. The van der Waals surface area contributed by atoms with E-state index in [9.17, 15) is 9.59 Å². The molecule has 0 saturated carbocycles. The van der Waals surface area contributed by atoms with E-state index in [0.29, 0.717) is 21.3 Å². The highest BCUT2D eigenvalue weighted by molar-refractivity contribution is 6.36. The molecule has 1 N–H and O–H groups in total. The molecule has 0 aliphatic heterocycles. The fourth-order valence-electron chi connectivity index (χ4n) is 2.08. The molecular weight excluding hydrogens is 349 g/mol. The van der Waals surface area contributed by atoms with E-state index in [1.165, 1.54) is 13.0 Å². The predicted octanol–water partition coefficient (Wildman–Crippen LogP) is 4.79. The van der Waals surface area contributed by atoms with Crippen molar-refractivity contribution in [2.45, 2.75) is 26.9 Å². The second-order valence-electron chi connectivity index (χ2n) is 5.41. The average Bonchev–Trinajstić information content (AvgIpc) is 2.52. The highest BCUT2D eigenvalue weighted by Crippen LogP contribution is 2.25. The van der Waals surface area contributed by atoms with Crippen molar-refractivity contribution in [2.75, 3.05) is 5.32 Å². The van der Waals surface area contributed by atoms with Gasteiger partial charge in [0.25, 0.3) is 5.91 Å². The Balaban J connectivity index is 2.06. The van der Waals surface area contributed by atoms with Crippen molar-refractivity contribution in [3.63, 3.8) is 0 Å². The molecule has 2 aromatic rings. The highest BCUT2D eigenvalue weighted by Gasteiger charge is 2.21. The number of hydrogen-bond donors (Lipinski definition) is 1. The van der Waals surface area contributed by atoms with Gasteiger partial charge in [-0.2, -0.15) is 0 Å². The van der Waals surface area contributed by atoms with E-state index in [4.69, 9.17) is 27.9 Å². The minimum atomic E-state index is -0.968. The van der Waals surface area contributed by atoms with E-state index in [0.717, 1.165) is 11.1 Å². The summed E-state index contributed by atoms with van der Waals surface area (Å²) < 4.78 is 5.25. The maximum atomic E-state index is 12.3. The van der Waals surface area contributed by atoms with Gasteiger partial charge in [-0.3, -0.25) is 4.79 Å². The molecule has 126 valence electrons. The molecule has 0 heterocycles. The van der Waals surface area contributed by atoms with Gasteiger partial charge in [0.05, 0.1) is 16.3 Å². The lowest BCUT2D eigenvalue weighted by Gasteiger charge is -2.15. The van der Waals surface area contributed by atoms with Gasteiger partial charge in [0.15, 0.2) is 6.10 Å². The number of ether oxygens (including phenoxy) is 1. The molecule has 0 aliphatic rings. The molecule has 0 radical (unpaired) electrons. The van der Waals surface area contributed by atoms with Gasteiger partial charge in [-0.25, -0.2) is 4.79 Å². The number of esters is 1. The third-order valence-corrected chi connectivity index (χ3v) is 4.21. The molecule has 0 fully saturated rings. The summed E-state index contributed by atoms with van der Waals surface area (Å²) in [5.74, 6) is -1.01. The van der Waals surface area contributed by atoms with E-state index in [1.54, 1.807) is 24.3 Å². The molecule has 1 atom stereocenters. The van der Waals surface area contributed by atoms with Crippen LogP contribution in [0.4, 0.5) is 5.69 Å². The number of benzene rings is 2. The van der Waals surface area contributed by atoms with Crippen LogP contribution >= 0.6 is 23.2 Å². The lowest BCUT2D eigenvalue weighted by Crippen LogP contribution is -2.30. The van der Waals surface area contributed by atoms with Gasteiger partial charge in [-0.15, -0.1) is 0 Å². The Hall–Kier alpha value is -2.04. The van der Waals surface area contributed by atoms with E-state index in [-0.39, 0.29) is 0 Å². The first-order chi connectivity index (χ1) is 11.3. The van der Waals surface area contributed by atoms with Crippen molar-refractivity contribution in [3.05, 3.63) is 63.1 Å². The number of anilines is 1. The number of carbonyl (C=O) groups is 2. The standard InChI is InChI=1S/C18H17Cl2NO3/c1-10-5-4-6-14(11(10)2)18(23)24-12(3)17(22)21-16-8-7-13(19)9-15(16)20/h4-9,12H,1-3H3,(H,21,22)/t12-/m1/s1. The van der Waals surface area contributed by atoms with E-state index >= 15 is 0 Å². The first-order valence-electron chi connectivity index (χ1n) is 7.32. The van der Waals surface area contributed by atoms with Crippen LogP contribution in [0, 0.1) is 13.8 Å². The fraction of sp³-hybridized carbons (Fsp3) is 0.222. The van der Waals surface area contributed by atoms with Gasteiger partial charge in [0.2, 0.25) is 0 Å². The average molecular weight is 366 g/mol. The molecule has 2 rings (SSSR count). The van der Waals surface area contributed by atoms with Crippen molar-refractivity contribution in [3.8, 4) is 0 Å². The van der Waals surface area contributed by atoms with Crippen LogP contribution in [-0.4, -0.2) is 18.0 Å². The van der Waals surface area contributed by atoms with Gasteiger partial charge in [-0.1, -0.05) is 35.3 Å². The number of halogens is 2. The third-order valence-electron chi connectivity index (χ3n) is 3.67. The summed E-state index contributed by atoms with van der Waals surface area (Å²) in [6, 6.07) is 10.1. The Morgan fingerprint density at radius 2 is 1.83 bits per heavy atom. The summed E-state index contributed by atoms with van der Waals surface area (Å²) >= 11 is 11.8. The minimum absolute atomic E-state index is 0.309. The third kappa shape index (κ3) is 4.28.